The van der Waals surface area contributed by atoms with Crippen LogP contribution in [0, 0.1) is 13.8 Å². The number of aromatic nitrogens is 2. The van der Waals surface area contributed by atoms with Gasteiger partial charge in [-0.1, -0.05) is 28.9 Å². The highest BCUT2D eigenvalue weighted by Crippen LogP contribution is 2.35. The summed E-state index contributed by atoms with van der Waals surface area (Å²) in [5.41, 5.74) is 4.01. The fourth-order valence-electron chi connectivity index (χ4n) is 3.34. The molecule has 1 aliphatic heterocycles. The lowest BCUT2D eigenvalue weighted by Crippen LogP contribution is -2.24. The number of methoxy groups -OCH3 is 1. The number of ether oxygens (including phenoxy) is 1. The Balaban J connectivity index is 1.55. The van der Waals surface area contributed by atoms with E-state index in [1.807, 2.05) is 31.2 Å². The van der Waals surface area contributed by atoms with E-state index in [-0.39, 0.29) is 11.8 Å². The highest BCUT2D eigenvalue weighted by Gasteiger charge is 2.35. The number of rotatable bonds is 4. The van der Waals surface area contributed by atoms with Crippen molar-refractivity contribution in [2.45, 2.75) is 26.2 Å². The van der Waals surface area contributed by atoms with Crippen molar-refractivity contribution in [1.82, 2.24) is 10.1 Å². The van der Waals surface area contributed by atoms with Gasteiger partial charge in [-0.3, -0.25) is 4.79 Å². The van der Waals surface area contributed by atoms with Crippen LogP contribution in [0.25, 0.3) is 11.4 Å². The van der Waals surface area contributed by atoms with Gasteiger partial charge in [0.05, 0.1) is 18.1 Å². The Morgan fingerprint density at radius 1 is 1.18 bits per heavy atom. The van der Waals surface area contributed by atoms with E-state index >= 15 is 0 Å². The molecule has 6 nitrogen and oxygen atoms in total. The highest BCUT2D eigenvalue weighted by molar-refractivity contribution is 6.32. The van der Waals surface area contributed by atoms with Gasteiger partial charge in [0.25, 0.3) is 0 Å². The Morgan fingerprint density at radius 3 is 2.71 bits per heavy atom. The van der Waals surface area contributed by atoms with E-state index in [0.29, 0.717) is 35.5 Å². The maximum absolute atomic E-state index is 12.5. The van der Waals surface area contributed by atoms with Crippen LogP contribution in [0.5, 0.6) is 5.75 Å². The lowest BCUT2D eigenvalue weighted by atomic mass is 10.1. The molecule has 0 aliphatic carbocycles. The number of hydrogen-bond donors (Lipinski definition) is 0. The Bertz CT molecular complexity index is 1050. The van der Waals surface area contributed by atoms with Gasteiger partial charge < -0.3 is 14.2 Å². The molecule has 4 rings (SSSR count). The lowest BCUT2D eigenvalue weighted by Gasteiger charge is -2.17. The zero-order chi connectivity index (χ0) is 19.8. The molecule has 1 saturated heterocycles. The summed E-state index contributed by atoms with van der Waals surface area (Å²) < 4.78 is 10.7. The van der Waals surface area contributed by atoms with Crippen molar-refractivity contribution in [2.75, 3.05) is 18.6 Å². The normalized spacial score (nSPS) is 16.6. The summed E-state index contributed by atoms with van der Waals surface area (Å²) in [5, 5.41) is 4.57. The lowest BCUT2D eigenvalue weighted by molar-refractivity contribution is -0.117. The maximum atomic E-state index is 12.5. The molecular formula is C21H20ClN3O3. The number of nitrogens with zero attached hydrogens (tertiary/aromatic N) is 3. The summed E-state index contributed by atoms with van der Waals surface area (Å²) in [5.74, 6) is 1.43. The first-order chi connectivity index (χ1) is 13.5. The van der Waals surface area contributed by atoms with E-state index in [9.17, 15) is 4.79 Å². The minimum atomic E-state index is -0.152. The molecule has 0 saturated carbocycles. The van der Waals surface area contributed by atoms with Crippen LogP contribution in [0.15, 0.2) is 40.9 Å². The number of carbonyl (C=O) groups excluding carboxylic acids is 1. The molecule has 1 aliphatic rings. The van der Waals surface area contributed by atoms with Crippen LogP contribution < -0.4 is 9.64 Å². The molecular weight excluding hydrogens is 378 g/mol. The predicted octanol–water partition coefficient (Wildman–Crippen LogP) is 4.54. The molecule has 0 spiro atoms. The molecule has 1 atom stereocenters. The van der Waals surface area contributed by atoms with E-state index in [2.05, 4.69) is 17.1 Å². The van der Waals surface area contributed by atoms with Crippen LogP contribution >= 0.6 is 11.6 Å². The first-order valence-corrected chi connectivity index (χ1v) is 9.39. The number of carbonyl (C=O) groups is 1. The summed E-state index contributed by atoms with van der Waals surface area (Å²) in [6, 6.07) is 11.4. The molecule has 3 aromatic rings. The minimum Gasteiger partial charge on any atom is -0.495 e. The van der Waals surface area contributed by atoms with E-state index in [1.165, 1.54) is 11.1 Å². The van der Waals surface area contributed by atoms with Gasteiger partial charge in [0, 0.05) is 24.2 Å². The maximum Gasteiger partial charge on any atom is 0.232 e. The third-order valence-electron chi connectivity index (χ3n) is 5.13. The van der Waals surface area contributed by atoms with Crippen LogP contribution in [0.3, 0.4) is 0 Å². The van der Waals surface area contributed by atoms with Crippen molar-refractivity contribution < 1.29 is 14.1 Å². The Hall–Kier alpha value is -2.86. The van der Waals surface area contributed by atoms with E-state index < -0.39 is 0 Å². The van der Waals surface area contributed by atoms with Crippen molar-refractivity contribution in [3.63, 3.8) is 0 Å². The smallest absolute Gasteiger partial charge is 0.232 e. The van der Waals surface area contributed by atoms with Crippen molar-refractivity contribution >= 4 is 23.2 Å². The van der Waals surface area contributed by atoms with Crippen molar-refractivity contribution in [3.8, 4) is 17.1 Å². The molecule has 144 valence electrons. The van der Waals surface area contributed by atoms with Crippen LogP contribution in [-0.4, -0.2) is 29.7 Å². The predicted molar refractivity (Wildman–Crippen MR) is 107 cm³/mol. The number of amides is 1. The second-order valence-electron chi connectivity index (χ2n) is 6.98. The van der Waals surface area contributed by atoms with Gasteiger partial charge in [-0.25, -0.2) is 0 Å². The first-order valence-electron chi connectivity index (χ1n) is 9.01. The van der Waals surface area contributed by atoms with Gasteiger partial charge in [0.2, 0.25) is 17.6 Å². The molecule has 28 heavy (non-hydrogen) atoms. The van der Waals surface area contributed by atoms with Crippen molar-refractivity contribution in [1.29, 1.82) is 0 Å². The molecule has 1 amide bonds. The minimum absolute atomic E-state index is 0.00263. The molecule has 2 aromatic carbocycles. The van der Waals surface area contributed by atoms with Gasteiger partial charge in [-0.05, 0) is 49.2 Å². The second-order valence-corrected chi connectivity index (χ2v) is 7.39. The van der Waals surface area contributed by atoms with Gasteiger partial charge >= 0.3 is 0 Å². The molecule has 1 aromatic heterocycles. The van der Waals surface area contributed by atoms with Crippen molar-refractivity contribution in [3.05, 3.63) is 58.4 Å². The largest absolute Gasteiger partial charge is 0.495 e. The Labute approximate surface area is 168 Å². The van der Waals surface area contributed by atoms with Gasteiger partial charge in [0.1, 0.15) is 5.75 Å². The number of hydrogen-bond acceptors (Lipinski definition) is 5. The standard InChI is InChI=1S/C21H20ClN3O3/c1-12-4-5-14(8-13(12)2)20-23-21(28-24-20)15-9-19(26)25(11-15)16-6-7-18(27-3)17(22)10-16/h4-8,10,15H,9,11H2,1-3H3. The molecule has 2 heterocycles. The Morgan fingerprint density at radius 2 is 2.00 bits per heavy atom. The molecule has 1 unspecified atom stereocenters. The number of halogens is 1. The fraction of sp³-hybridized carbons (Fsp3) is 0.286. The fourth-order valence-corrected chi connectivity index (χ4v) is 3.60. The number of benzene rings is 2. The summed E-state index contributed by atoms with van der Waals surface area (Å²) >= 11 is 6.20. The van der Waals surface area contributed by atoms with E-state index in [0.717, 1.165) is 11.3 Å². The number of aryl methyl sites for hydroxylation is 2. The van der Waals surface area contributed by atoms with E-state index in [1.54, 1.807) is 24.1 Å². The van der Waals surface area contributed by atoms with Crippen LogP contribution in [0.2, 0.25) is 5.02 Å². The second kappa shape index (κ2) is 7.28. The quantitative estimate of drug-likeness (QED) is 0.646. The summed E-state index contributed by atoms with van der Waals surface area (Å²) in [6.07, 6.45) is 0.318. The van der Waals surface area contributed by atoms with Crippen LogP contribution in [0.1, 0.15) is 29.4 Å². The van der Waals surface area contributed by atoms with Gasteiger partial charge in [0.15, 0.2) is 0 Å². The summed E-state index contributed by atoms with van der Waals surface area (Å²) in [7, 11) is 1.56. The topological polar surface area (TPSA) is 68.5 Å². The summed E-state index contributed by atoms with van der Waals surface area (Å²) in [6.45, 7) is 4.58. The third kappa shape index (κ3) is 3.36. The highest BCUT2D eigenvalue weighted by atomic mass is 35.5. The monoisotopic (exact) mass is 397 g/mol. The zero-order valence-corrected chi connectivity index (χ0v) is 16.7. The van der Waals surface area contributed by atoms with E-state index in [4.69, 9.17) is 20.9 Å². The molecule has 0 N–H and O–H groups in total. The van der Waals surface area contributed by atoms with Crippen LogP contribution in [-0.2, 0) is 4.79 Å². The first kappa shape index (κ1) is 18.5. The molecule has 0 radical (unpaired) electrons. The molecule has 0 bridgehead atoms. The average Bonchev–Trinajstić information content (AvgIpc) is 3.31. The molecule has 7 heteroatoms. The molecule has 1 fully saturated rings. The Kier molecular flexibility index (Phi) is 4.81. The SMILES string of the molecule is COc1ccc(N2CC(c3nc(-c4ccc(C)c(C)c4)no3)CC2=O)cc1Cl. The third-order valence-corrected chi connectivity index (χ3v) is 5.42. The number of anilines is 1. The van der Waals surface area contributed by atoms with Crippen LogP contribution in [0.4, 0.5) is 5.69 Å². The average molecular weight is 398 g/mol. The summed E-state index contributed by atoms with van der Waals surface area (Å²) in [4.78, 5) is 18.8. The van der Waals surface area contributed by atoms with Gasteiger partial charge in [-0.15, -0.1) is 0 Å². The van der Waals surface area contributed by atoms with Crippen molar-refractivity contribution in [2.24, 2.45) is 0 Å². The van der Waals surface area contributed by atoms with Gasteiger partial charge in [-0.2, -0.15) is 4.98 Å². The zero-order valence-electron chi connectivity index (χ0n) is 15.9.